The highest BCUT2D eigenvalue weighted by Crippen LogP contribution is 2.18. The summed E-state index contributed by atoms with van der Waals surface area (Å²) < 4.78 is 13.5. The van der Waals surface area contributed by atoms with Gasteiger partial charge in [-0.25, -0.2) is 4.39 Å². The molecular weight excluding hydrogens is 267 g/mol. The zero-order valence-electron chi connectivity index (χ0n) is 11.2. The van der Waals surface area contributed by atoms with Crippen molar-refractivity contribution in [2.45, 2.75) is 6.54 Å². The summed E-state index contributed by atoms with van der Waals surface area (Å²) >= 11 is 0. The minimum atomic E-state index is -0.618. The van der Waals surface area contributed by atoms with Gasteiger partial charge in [-0.2, -0.15) is 0 Å². The van der Waals surface area contributed by atoms with Gasteiger partial charge in [-0.05, 0) is 22.4 Å². The molecular formula is C17H13FN2O. The van der Waals surface area contributed by atoms with Gasteiger partial charge < -0.3 is 5.32 Å². The molecule has 1 N–H and O–H groups in total. The lowest BCUT2D eigenvalue weighted by Crippen LogP contribution is -2.24. The zero-order valence-corrected chi connectivity index (χ0v) is 11.2. The highest BCUT2D eigenvalue weighted by atomic mass is 19.1. The van der Waals surface area contributed by atoms with Gasteiger partial charge in [0, 0.05) is 12.7 Å². The Morgan fingerprint density at radius 1 is 1.10 bits per heavy atom. The molecule has 1 amide bonds. The Hall–Kier alpha value is -2.75. The van der Waals surface area contributed by atoms with Gasteiger partial charge in [-0.3, -0.25) is 9.78 Å². The van der Waals surface area contributed by atoms with Gasteiger partial charge >= 0.3 is 0 Å². The van der Waals surface area contributed by atoms with Crippen molar-refractivity contribution in [2.24, 2.45) is 0 Å². The predicted molar refractivity (Wildman–Crippen MR) is 79.3 cm³/mol. The molecule has 0 spiro atoms. The van der Waals surface area contributed by atoms with Gasteiger partial charge in [0.25, 0.3) is 5.91 Å². The van der Waals surface area contributed by atoms with Crippen molar-refractivity contribution in [2.75, 3.05) is 0 Å². The van der Waals surface area contributed by atoms with Crippen LogP contribution in [0.4, 0.5) is 4.39 Å². The van der Waals surface area contributed by atoms with Crippen molar-refractivity contribution in [3.8, 4) is 0 Å². The molecule has 104 valence electrons. The first-order chi connectivity index (χ1) is 10.3. The molecule has 0 aliphatic heterocycles. The third kappa shape index (κ3) is 2.74. The second-order valence-electron chi connectivity index (χ2n) is 4.68. The Morgan fingerprint density at radius 3 is 2.76 bits per heavy atom. The summed E-state index contributed by atoms with van der Waals surface area (Å²) in [6, 6.07) is 15.2. The number of halogens is 1. The molecule has 0 atom stereocenters. The number of amides is 1. The van der Waals surface area contributed by atoms with E-state index in [1.165, 1.54) is 12.3 Å². The summed E-state index contributed by atoms with van der Waals surface area (Å²) in [5, 5.41) is 4.93. The van der Waals surface area contributed by atoms with E-state index in [1.807, 2.05) is 42.5 Å². The van der Waals surface area contributed by atoms with E-state index >= 15 is 0 Å². The van der Waals surface area contributed by atoms with Crippen LogP contribution < -0.4 is 5.32 Å². The first-order valence-corrected chi connectivity index (χ1v) is 6.60. The maximum atomic E-state index is 13.5. The first kappa shape index (κ1) is 13.2. The van der Waals surface area contributed by atoms with Crippen LogP contribution in [0.1, 0.15) is 15.9 Å². The van der Waals surface area contributed by atoms with Crippen LogP contribution in [0.5, 0.6) is 0 Å². The number of hydrogen-bond donors (Lipinski definition) is 1. The fourth-order valence-electron chi connectivity index (χ4n) is 2.28. The van der Waals surface area contributed by atoms with Crippen molar-refractivity contribution in [3.05, 3.63) is 77.9 Å². The number of nitrogens with zero attached hydrogens (tertiary/aromatic N) is 1. The second-order valence-corrected chi connectivity index (χ2v) is 4.68. The molecule has 0 unspecified atom stereocenters. The highest BCUT2D eigenvalue weighted by Gasteiger charge is 2.11. The predicted octanol–water partition coefficient (Wildman–Crippen LogP) is 3.30. The number of rotatable bonds is 3. The van der Waals surface area contributed by atoms with Crippen LogP contribution in [-0.4, -0.2) is 10.9 Å². The van der Waals surface area contributed by atoms with Crippen LogP contribution in [-0.2, 0) is 6.54 Å². The van der Waals surface area contributed by atoms with Crippen molar-refractivity contribution < 1.29 is 9.18 Å². The molecule has 1 aromatic heterocycles. The molecule has 21 heavy (non-hydrogen) atoms. The van der Waals surface area contributed by atoms with Crippen LogP contribution >= 0.6 is 0 Å². The van der Waals surface area contributed by atoms with Crippen LogP contribution in [0, 0.1) is 5.82 Å². The Morgan fingerprint density at radius 2 is 1.90 bits per heavy atom. The van der Waals surface area contributed by atoms with Gasteiger partial charge in [-0.15, -0.1) is 0 Å². The average Bonchev–Trinajstić information content (AvgIpc) is 2.53. The van der Waals surface area contributed by atoms with Crippen LogP contribution in [0.3, 0.4) is 0 Å². The van der Waals surface area contributed by atoms with E-state index in [0.29, 0.717) is 6.54 Å². The number of hydrogen-bond acceptors (Lipinski definition) is 2. The van der Waals surface area contributed by atoms with E-state index in [0.717, 1.165) is 22.5 Å². The maximum Gasteiger partial charge on any atom is 0.254 e. The van der Waals surface area contributed by atoms with E-state index in [9.17, 15) is 9.18 Å². The summed E-state index contributed by atoms with van der Waals surface area (Å²) in [7, 11) is 0. The van der Waals surface area contributed by atoms with Gasteiger partial charge in [0.2, 0.25) is 0 Å². The number of nitrogens with one attached hydrogen (secondary N) is 1. The summed E-state index contributed by atoms with van der Waals surface area (Å²) in [6.07, 6.45) is 2.43. The average molecular weight is 280 g/mol. The largest absolute Gasteiger partial charge is 0.348 e. The number of aromatic nitrogens is 1. The number of benzene rings is 2. The fraction of sp³-hybridized carbons (Fsp3) is 0.0588. The number of carbonyl (C=O) groups is 1. The summed E-state index contributed by atoms with van der Waals surface area (Å²) in [4.78, 5) is 15.6. The van der Waals surface area contributed by atoms with Crippen molar-refractivity contribution in [1.29, 1.82) is 0 Å². The Bertz CT molecular complexity index is 796. The number of fused-ring (bicyclic) bond motifs is 1. The quantitative estimate of drug-likeness (QED) is 0.799. The molecule has 0 aliphatic rings. The van der Waals surface area contributed by atoms with Gasteiger partial charge in [0.15, 0.2) is 5.82 Å². The van der Waals surface area contributed by atoms with Crippen molar-refractivity contribution in [3.63, 3.8) is 0 Å². The lowest BCUT2D eigenvalue weighted by molar-refractivity contribution is 0.0947. The standard InChI is InChI=1S/C17H13FN2O/c18-16-11-19-9-8-15(16)17(21)20-10-13-6-3-5-12-4-1-2-7-14(12)13/h1-9,11H,10H2,(H,20,21). The molecule has 3 aromatic rings. The fourth-order valence-corrected chi connectivity index (χ4v) is 2.28. The highest BCUT2D eigenvalue weighted by molar-refractivity contribution is 5.94. The third-order valence-corrected chi connectivity index (χ3v) is 3.34. The third-order valence-electron chi connectivity index (χ3n) is 3.34. The van der Waals surface area contributed by atoms with E-state index in [4.69, 9.17) is 0 Å². The lowest BCUT2D eigenvalue weighted by Gasteiger charge is -2.09. The lowest BCUT2D eigenvalue weighted by atomic mass is 10.0. The second kappa shape index (κ2) is 5.71. The van der Waals surface area contributed by atoms with E-state index in [1.54, 1.807) is 0 Å². The maximum absolute atomic E-state index is 13.5. The normalized spacial score (nSPS) is 10.5. The van der Waals surface area contributed by atoms with Gasteiger partial charge in [-0.1, -0.05) is 42.5 Å². The zero-order chi connectivity index (χ0) is 14.7. The molecule has 3 rings (SSSR count). The van der Waals surface area contributed by atoms with E-state index in [2.05, 4.69) is 10.3 Å². The monoisotopic (exact) mass is 280 g/mol. The molecule has 1 heterocycles. The summed E-state index contributed by atoms with van der Waals surface area (Å²) in [6.45, 7) is 0.349. The molecule has 4 heteroatoms. The number of pyridine rings is 1. The Labute approximate surface area is 121 Å². The molecule has 2 aromatic carbocycles. The molecule has 0 bridgehead atoms. The van der Waals surface area contributed by atoms with E-state index in [-0.39, 0.29) is 5.56 Å². The van der Waals surface area contributed by atoms with Crippen molar-refractivity contribution in [1.82, 2.24) is 10.3 Å². The van der Waals surface area contributed by atoms with Crippen molar-refractivity contribution >= 4 is 16.7 Å². The molecule has 0 saturated heterocycles. The van der Waals surface area contributed by atoms with Gasteiger partial charge in [0.1, 0.15) is 0 Å². The summed E-state index contributed by atoms with van der Waals surface area (Å²) in [5.74, 6) is -1.06. The van der Waals surface area contributed by atoms with E-state index < -0.39 is 11.7 Å². The summed E-state index contributed by atoms with van der Waals surface area (Å²) in [5.41, 5.74) is 1.00. The topological polar surface area (TPSA) is 42.0 Å². The molecule has 3 nitrogen and oxygen atoms in total. The molecule has 0 aliphatic carbocycles. The SMILES string of the molecule is O=C(NCc1cccc2ccccc12)c1ccncc1F. The Kier molecular flexibility index (Phi) is 3.60. The van der Waals surface area contributed by atoms with Gasteiger partial charge in [0.05, 0.1) is 11.8 Å². The molecule has 0 saturated carbocycles. The minimum absolute atomic E-state index is 0.00485. The van der Waals surface area contributed by atoms with Crippen LogP contribution in [0.25, 0.3) is 10.8 Å². The minimum Gasteiger partial charge on any atom is -0.348 e. The first-order valence-electron chi connectivity index (χ1n) is 6.60. The van der Waals surface area contributed by atoms with Crippen LogP contribution in [0.15, 0.2) is 60.9 Å². The molecule has 0 fully saturated rings. The molecule has 0 radical (unpaired) electrons. The Balaban J connectivity index is 1.81. The number of carbonyl (C=O) groups excluding carboxylic acids is 1. The smallest absolute Gasteiger partial charge is 0.254 e. The van der Waals surface area contributed by atoms with Crippen LogP contribution in [0.2, 0.25) is 0 Å².